The maximum atomic E-state index is 5.71. The molecule has 7 heteroatoms. The van der Waals surface area contributed by atoms with Crippen LogP contribution in [0.1, 0.15) is 55.6 Å². The van der Waals surface area contributed by atoms with E-state index in [1.165, 1.54) is 32.1 Å². The molecule has 27 heavy (non-hydrogen) atoms. The van der Waals surface area contributed by atoms with Gasteiger partial charge in [-0.2, -0.15) is 0 Å². The third kappa shape index (κ3) is 3.84. The highest BCUT2D eigenvalue weighted by molar-refractivity contribution is 5.39. The molecule has 0 unspecified atom stereocenters. The highest BCUT2D eigenvalue weighted by atomic mass is 16.5. The molecule has 1 saturated carbocycles. The number of hydrogen-bond donors (Lipinski definition) is 0. The van der Waals surface area contributed by atoms with E-state index in [4.69, 9.17) is 4.74 Å². The van der Waals surface area contributed by atoms with E-state index in [-0.39, 0.29) is 6.04 Å². The highest BCUT2D eigenvalue weighted by Gasteiger charge is 2.33. The van der Waals surface area contributed by atoms with Crippen molar-refractivity contribution in [3.8, 4) is 5.75 Å². The van der Waals surface area contributed by atoms with Gasteiger partial charge in [-0.1, -0.05) is 37.5 Å². The Morgan fingerprint density at radius 3 is 2.52 bits per heavy atom. The molecule has 2 aliphatic rings. The fourth-order valence-corrected chi connectivity index (χ4v) is 4.44. The molecule has 4 rings (SSSR count). The summed E-state index contributed by atoms with van der Waals surface area (Å²) in [5, 5.41) is 13.1. The highest BCUT2D eigenvalue weighted by Crippen LogP contribution is 2.36. The minimum absolute atomic E-state index is 0.0202. The van der Waals surface area contributed by atoms with Crippen LogP contribution in [-0.4, -0.2) is 70.3 Å². The van der Waals surface area contributed by atoms with Crippen LogP contribution in [-0.2, 0) is 0 Å². The quantitative estimate of drug-likeness (QED) is 0.806. The fraction of sp³-hybridized carbons (Fsp3) is 0.650. The molecule has 146 valence electrons. The summed E-state index contributed by atoms with van der Waals surface area (Å²) >= 11 is 0. The zero-order valence-electron chi connectivity index (χ0n) is 16.4. The van der Waals surface area contributed by atoms with E-state index in [0.29, 0.717) is 6.04 Å². The minimum atomic E-state index is 0.0202. The average Bonchev–Trinajstić information content (AvgIpc) is 3.20. The molecule has 1 aliphatic heterocycles. The van der Waals surface area contributed by atoms with Gasteiger partial charge in [0, 0.05) is 31.7 Å². The summed E-state index contributed by atoms with van der Waals surface area (Å²) in [6, 6.07) is 8.72. The van der Waals surface area contributed by atoms with Gasteiger partial charge in [0.2, 0.25) is 0 Å². The Morgan fingerprint density at radius 2 is 1.78 bits per heavy atom. The number of para-hydroxylation sites is 1. The maximum absolute atomic E-state index is 5.71. The van der Waals surface area contributed by atoms with E-state index >= 15 is 0 Å². The van der Waals surface area contributed by atoms with Crippen molar-refractivity contribution in [2.45, 2.75) is 44.2 Å². The van der Waals surface area contributed by atoms with Crippen LogP contribution >= 0.6 is 0 Å². The zero-order chi connectivity index (χ0) is 18.6. The number of likely N-dealkylation sites (N-methyl/N-ethyl adjacent to an activating group) is 1. The standard InChI is InChI=1S/C20H30N6O/c1-24-12-14-25(15-13-24)19(17-10-6-7-11-18(17)27-2)20-21-22-23-26(20)16-8-4-3-5-9-16/h6-7,10-11,16,19H,3-5,8-9,12-15H2,1-2H3/t19-/m1/s1. The summed E-state index contributed by atoms with van der Waals surface area (Å²) in [6.07, 6.45) is 6.18. The molecular formula is C20H30N6O. The summed E-state index contributed by atoms with van der Waals surface area (Å²) in [5.74, 6) is 1.86. The van der Waals surface area contributed by atoms with Crippen molar-refractivity contribution in [3.05, 3.63) is 35.7 Å². The van der Waals surface area contributed by atoms with Crippen molar-refractivity contribution in [1.82, 2.24) is 30.0 Å². The summed E-state index contributed by atoms with van der Waals surface area (Å²) < 4.78 is 7.81. The van der Waals surface area contributed by atoms with Gasteiger partial charge in [0.15, 0.2) is 5.82 Å². The molecule has 1 aromatic heterocycles. The minimum Gasteiger partial charge on any atom is -0.496 e. The second-order valence-corrected chi connectivity index (χ2v) is 7.76. The third-order valence-corrected chi connectivity index (χ3v) is 6.02. The lowest BCUT2D eigenvalue weighted by molar-refractivity contribution is 0.118. The number of nitrogens with zero attached hydrogens (tertiary/aromatic N) is 6. The van der Waals surface area contributed by atoms with Gasteiger partial charge in [-0.15, -0.1) is 5.10 Å². The van der Waals surface area contributed by atoms with Crippen molar-refractivity contribution in [2.75, 3.05) is 40.3 Å². The Morgan fingerprint density at radius 1 is 1.04 bits per heavy atom. The van der Waals surface area contributed by atoms with Crippen molar-refractivity contribution >= 4 is 0 Å². The van der Waals surface area contributed by atoms with E-state index < -0.39 is 0 Å². The van der Waals surface area contributed by atoms with Crippen molar-refractivity contribution in [1.29, 1.82) is 0 Å². The number of methoxy groups -OCH3 is 1. The molecule has 2 aromatic rings. The normalized spacial score (nSPS) is 21.3. The number of benzene rings is 1. The Bertz CT molecular complexity index is 734. The van der Waals surface area contributed by atoms with E-state index in [1.807, 2.05) is 12.1 Å². The largest absolute Gasteiger partial charge is 0.496 e. The molecule has 2 heterocycles. The van der Waals surface area contributed by atoms with Crippen LogP contribution in [0.2, 0.25) is 0 Å². The van der Waals surface area contributed by atoms with Gasteiger partial charge < -0.3 is 9.64 Å². The molecular weight excluding hydrogens is 340 g/mol. The van der Waals surface area contributed by atoms with Crippen molar-refractivity contribution in [2.24, 2.45) is 0 Å². The number of tetrazole rings is 1. The molecule has 0 bridgehead atoms. The summed E-state index contributed by atoms with van der Waals surface area (Å²) in [6.45, 7) is 4.10. The SMILES string of the molecule is COc1ccccc1[C@H](c1nnnn1C1CCCCC1)N1CCN(C)CC1. The predicted molar refractivity (Wildman–Crippen MR) is 104 cm³/mol. The topological polar surface area (TPSA) is 59.3 Å². The van der Waals surface area contributed by atoms with Crippen LogP contribution in [0.4, 0.5) is 0 Å². The molecule has 0 N–H and O–H groups in total. The third-order valence-electron chi connectivity index (χ3n) is 6.02. The fourth-order valence-electron chi connectivity index (χ4n) is 4.44. The molecule has 7 nitrogen and oxygen atoms in total. The second kappa shape index (κ2) is 8.35. The van der Waals surface area contributed by atoms with Crippen LogP contribution in [0, 0.1) is 0 Å². The van der Waals surface area contributed by atoms with Crippen LogP contribution < -0.4 is 4.74 Å². The number of hydrogen-bond acceptors (Lipinski definition) is 6. The van der Waals surface area contributed by atoms with Crippen LogP contribution in [0.15, 0.2) is 24.3 Å². The van der Waals surface area contributed by atoms with Gasteiger partial charge in [-0.05, 0) is 36.4 Å². The Balaban J connectivity index is 1.73. The van der Waals surface area contributed by atoms with Gasteiger partial charge in [-0.3, -0.25) is 4.90 Å². The Hall–Kier alpha value is -1.99. The lowest BCUT2D eigenvalue weighted by Crippen LogP contribution is -2.47. The van der Waals surface area contributed by atoms with Crippen molar-refractivity contribution in [3.63, 3.8) is 0 Å². The number of rotatable bonds is 5. The molecule has 1 atom stereocenters. The maximum Gasteiger partial charge on any atom is 0.173 e. The summed E-state index contributed by atoms with van der Waals surface area (Å²) in [7, 11) is 3.92. The molecule has 0 spiro atoms. The molecule has 0 radical (unpaired) electrons. The van der Waals surface area contributed by atoms with Gasteiger partial charge in [-0.25, -0.2) is 4.68 Å². The van der Waals surface area contributed by atoms with E-state index in [9.17, 15) is 0 Å². The lowest BCUT2D eigenvalue weighted by Gasteiger charge is -2.38. The predicted octanol–water partition coefficient (Wildman–Crippen LogP) is 2.52. The van der Waals surface area contributed by atoms with E-state index in [0.717, 1.165) is 43.3 Å². The first-order valence-electron chi connectivity index (χ1n) is 10.1. The first-order chi connectivity index (χ1) is 13.3. The van der Waals surface area contributed by atoms with E-state index in [2.05, 4.69) is 49.2 Å². The number of piperazine rings is 1. The van der Waals surface area contributed by atoms with Gasteiger partial charge in [0.1, 0.15) is 11.8 Å². The average molecular weight is 371 g/mol. The van der Waals surface area contributed by atoms with Gasteiger partial charge >= 0.3 is 0 Å². The lowest BCUT2D eigenvalue weighted by atomic mass is 9.95. The van der Waals surface area contributed by atoms with Crippen LogP contribution in [0.5, 0.6) is 5.75 Å². The zero-order valence-corrected chi connectivity index (χ0v) is 16.4. The molecule has 2 fully saturated rings. The number of ether oxygens (including phenoxy) is 1. The number of aromatic nitrogens is 4. The summed E-state index contributed by atoms with van der Waals surface area (Å²) in [5.41, 5.74) is 1.15. The molecule has 1 aromatic carbocycles. The Kier molecular flexibility index (Phi) is 5.69. The van der Waals surface area contributed by atoms with Gasteiger partial charge in [0.05, 0.1) is 13.2 Å². The molecule has 1 saturated heterocycles. The monoisotopic (exact) mass is 370 g/mol. The first-order valence-corrected chi connectivity index (χ1v) is 10.1. The van der Waals surface area contributed by atoms with E-state index in [1.54, 1.807) is 7.11 Å². The smallest absolute Gasteiger partial charge is 0.173 e. The Labute approximate surface area is 161 Å². The van der Waals surface area contributed by atoms with Crippen LogP contribution in [0.3, 0.4) is 0 Å². The first kappa shape index (κ1) is 18.4. The molecule has 1 aliphatic carbocycles. The summed E-state index contributed by atoms with van der Waals surface area (Å²) in [4.78, 5) is 4.88. The second-order valence-electron chi connectivity index (χ2n) is 7.76. The van der Waals surface area contributed by atoms with Crippen molar-refractivity contribution < 1.29 is 4.74 Å². The molecule has 0 amide bonds. The van der Waals surface area contributed by atoms with Crippen LogP contribution in [0.25, 0.3) is 0 Å². The van der Waals surface area contributed by atoms with Gasteiger partial charge in [0.25, 0.3) is 0 Å².